The van der Waals surface area contributed by atoms with Crippen molar-refractivity contribution in [3.8, 4) is 0 Å². The summed E-state index contributed by atoms with van der Waals surface area (Å²) in [5.41, 5.74) is 1.72. The Morgan fingerprint density at radius 3 is 2.42 bits per heavy atom. The summed E-state index contributed by atoms with van der Waals surface area (Å²) < 4.78 is 0. The average Bonchev–Trinajstić information content (AvgIpc) is 2.35. The Morgan fingerprint density at radius 2 is 1.89 bits per heavy atom. The van der Waals surface area contributed by atoms with Crippen LogP contribution in [0.15, 0.2) is 24.3 Å². The maximum Gasteiger partial charge on any atom is 0.251 e. The van der Waals surface area contributed by atoms with Crippen LogP contribution in [0.3, 0.4) is 0 Å². The first-order valence-corrected chi connectivity index (χ1v) is 7.11. The molecule has 0 aliphatic carbocycles. The van der Waals surface area contributed by atoms with Gasteiger partial charge in [0, 0.05) is 23.3 Å². The number of amides is 1. The van der Waals surface area contributed by atoms with Crippen molar-refractivity contribution >= 4 is 11.6 Å². The van der Waals surface area contributed by atoms with Gasteiger partial charge in [-0.2, -0.15) is 0 Å². The molecule has 1 amide bonds. The first-order valence-electron chi connectivity index (χ1n) is 7.11. The predicted molar refractivity (Wildman–Crippen MR) is 81.6 cm³/mol. The van der Waals surface area contributed by atoms with E-state index in [1.165, 1.54) is 0 Å². The standard InChI is InChI=1S/C16H26N2O/c1-6-15(11(2)3)18-14-9-7-8-13(10-14)16(19)17-12(4)5/h7-12,15,18H,6H2,1-5H3,(H,17,19). The first-order chi connectivity index (χ1) is 8.93. The van der Waals surface area contributed by atoms with Crippen molar-refractivity contribution in [1.82, 2.24) is 5.32 Å². The average molecular weight is 262 g/mol. The van der Waals surface area contributed by atoms with Gasteiger partial charge in [-0.1, -0.05) is 26.8 Å². The summed E-state index contributed by atoms with van der Waals surface area (Å²) in [5.74, 6) is 0.550. The van der Waals surface area contributed by atoms with Gasteiger partial charge in [-0.05, 0) is 44.4 Å². The molecule has 3 heteroatoms. The molecule has 0 radical (unpaired) electrons. The Bertz CT molecular complexity index is 413. The van der Waals surface area contributed by atoms with E-state index in [0.29, 0.717) is 17.5 Å². The second-order valence-corrected chi connectivity index (χ2v) is 5.61. The first kappa shape index (κ1) is 15.5. The van der Waals surface area contributed by atoms with E-state index in [2.05, 4.69) is 31.4 Å². The SMILES string of the molecule is CCC(Nc1cccc(C(=O)NC(C)C)c1)C(C)C. The van der Waals surface area contributed by atoms with Gasteiger partial charge >= 0.3 is 0 Å². The van der Waals surface area contributed by atoms with E-state index in [1.54, 1.807) is 0 Å². The van der Waals surface area contributed by atoms with E-state index in [9.17, 15) is 4.79 Å². The van der Waals surface area contributed by atoms with Crippen LogP contribution >= 0.6 is 0 Å². The number of hydrogen-bond donors (Lipinski definition) is 2. The summed E-state index contributed by atoms with van der Waals surface area (Å²) in [6.45, 7) is 10.5. The summed E-state index contributed by atoms with van der Waals surface area (Å²) in [7, 11) is 0. The van der Waals surface area contributed by atoms with Gasteiger partial charge < -0.3 is 10.6 Å². The summed E-state index contributed by atoms with van der Waals surface area (Å²) in [5, 5.41) is 6.41. The molecule has 0 heterocycles. The lowest BCUT2D eigenvalue weighted by Crippen LogP contribution is -2.30. The van der Waals surface area contributed by atoms with Crippen molar-refractivity contribution in [2.24, 2.45) is 5.92 Å². The van der Waals surface area contributed by atoms with Crippen LogP contribution in [0.2, 0.25) is 0 Å². The number of nitrogens with one attached hydrogen (secondary N) is 2. The lowest BCUT2D eigenvalue weighted by Gasteiger charge is -2.22. The van der Waals surface area contributed by atoms with Gasteiger partial charge in [0.05, 0.1) is 0 Å². The normalized spacial score (nSPS) is 12.6. The van der Waals surface area contributed by atoms with Crippen molar-refractivity contribution < 1.29 is 4.79 Å². The minimum Gasteiger partial charge on any atom is -0.382 e. The number of hydrogen-bond acceptors (Lipinski definition) is 2. The lowest BCUT2D eigenvalue weighted by atomic mass is 10.0. The van der Waals surface area contributed by atoms with Gasteiger partial charge in [0.1, 0.15) is 0 Å². The molecule has 106 valence electrons. The van der Waals surface area contributed by atoms with Crippen LogP contribution in [0.5, 0.6) is 0 Å². The second-order valence-electron chi connectivity index (χ2n) is 5.61. The van der Waals surface area contributed by atoms with E-state index < -0.39 is 0 Å². The fourth-order valence-electron chi connectivity index (χ4n) is 2.05. The molecule has 0 aliphatic rings. The summed E-state index contributed by atoms with van der Waals surface area (Å²) >= 11 is 0. The zero-order valence-corrected chi connectivity index (χ0v) is 12.7. The Labute approximate surface area is 116 Å². The summed E-state index contributed by atoms with van der Waals surface area (Å²) in [6.07, 6.45) is 1.07. The quantitative estimate of drug-likeness (QED) is 0.821. The molecule has 0 fully saturated rings. The minimum absolute atomic E-state index is 0.0174. The van der Waals surface area contributed by atoms with Gasteiger partial charge in [0.2, 0.25) is 0 Å². The smallest absolute Gasteiger partial charge is 0.251 e. The Balaban J connectivity index is 2.79. The highest BCUT2D eigenvalue weighted by atomic mass is 16.1. The van der Waals surface area contributed by atoms with Crippen LogP contribution in [-0.4, -0.2) is 18.0 Å². The topological polar surface area (TPSA) is 41.1 Å². The predicted octanol–water partition coefficient (Wildman–Crippen LogP) is 3.67. The number of rotatable bonds is 6. The Kier molecular flexibility index (Phi) is 5.87. The van der Waals surface area contributed by atoms with Crippen LogP contribution in [0.25, 0.3) is 0 Å². The third-order valence-electron chi connectivity index (χ3n) is 3.14. The molecule has 1 rings (SSSR count). The Morgan fingerprint density at radius 1 is 1.21 bits per heavy atom. The molecule has 1 atom stereocenters. The second kappa shape index (κ2) is 7.17. The molecule has 0 aromatic heterocycles. The van der Waals surface area contributed by atoms with Crippen molar-refractivity contribution in [2.45, 2.75) is 53.1 Å². The monoisotopic (exact) mass is 262 g/mol. The van der Waals surface area contributed by atoms with Crippen molar-refractivity contribution in [3.63, 3.8) is 0 Å². The molecule has 0 aliphatic heterocycles. The Hall–Kier alpha value is -1.51. The largest absolute Gasteiger partial charge is 0.382 e. The summed E-state index contributed by atoms with van der Waals surface area (Å²) in [6, 6.07) is 8.29. The molecule has 0 spiro atoms. The number of anilines is 1. The highest BCUT2D eigenvalue weighted by Gasteiger charge is 2.12. The van der Waals surface area contributed by atoms with E-state index in [-0.39, 0.29) is 11.9 Å². The van der Waals surface area contributed by atoms with Gasteiger partial charge in [0.15, 0.2) is 0 Å². The third-order valence-corrected chi connectivity index (χ3v) is 3.14. The number of carbonyl (C=O) groups excluding carboxylic acids is 1. The van der Waals surface area contributed by atoms with Crippen LogP contribution in [-0.2, 0) is 0 Å². The van der Waals surface area contributed by atoms with Crippen molar-refractivity contribution in [3.05, 3.63) is 29.8 Å². The maximum atomic E-state index is 12.0. The van der Waals surface area contributed by atoms with Gasteiger partial charge in [-0.3, -0.25) is 4.79 Å². The fraction of sp³-hybridized carbons (Fsp3) is 0.562. The molecular weight excluding hydrogens is 236 g/mol. The zero-order valence-electron chi connectivity index (χ0n) is 12.7. The van der Waals surface area contributed by atoms with Crippen LogP contribution in [0.4, 0.5) is 5.69 Å². The number of carbonyl (C=O) groups is 1. The lowest BCUT2D eigenvalue weighted by molar-refractivity contribution is 0.0943. The van der Waals surface area contributed by atoms with E-state index in [4.69, 9.17) is 0 Å². The molecule has 2 N–H and O–H groups in total. The third kappa shape index (κ3) is 4.93. The van der Waals surface area contributed by atoms with Crippen molar-refractivity contribution in [2.75, 3.05) is 5.32 Å². The highest BCUT2D eigenvalue weighted by molar-refractivity contribution is 5.95. The fourth-order valence-corrected chi connectivity index (χ4v) is 2.05. The van der Waals surface area contributed by atoms with Crippen molar-refractivity contribution in [1.29, 1.82) is 0 Å². The van der Waals surface area contributed by atoms with Crippen LogP contribution < -0.4 is 10.6 Å². The summed E-state index contributed by atoms with van der Waals surface area (Å²) in [4.78, 5) is 12.0. The molecule has 1 aromatic rings. The van der Waals surface area contributed by atoms with Crippen LogP contribution in [0, 0.1) is 5.92 Å². The number of benzene rings is 1. The molecule has 3 nitrogen and oxygen atoms in total. The van der Waals surface area contributed by atoms with Gasteiger partial charge in [-0.15, -0.1) is 0 Å². The van der Waals surface area contributed by atoms with E-state index in [0.717, 1.165) is 12.1 Å². The molecule has 1 aromatic carbocycles. The van der Waals surface area contributed by atoms with E-state index in [1.807, 2.05) is 38.1 Å². The highest BCUT2D eigenvalue weighted by Crippen LogP contribution is 2.16. The molecular formula is C16H26N2O. The molecule has 0 bridgehead atoms. The maximum absolute atomic E-state index is 12.0. The molecule has 19 heavy (non-hydrogen) atoms. The van der Waals surface area contributed by atoms with E-state index >= 15 is 0 Å². The molecule has 0 saturated heterocycles. The molecule has 0 saturated carbocycles. The van der Waals surface area contributed by atoms with Gasteiger partial charge in [0.25, 0.3) is 5.91 Å². The minimum atomic E-state index is -0.0174. The van der Waals surface area contributed by atoms with Crippen LogP contribution in [0.1, 0.15) is 51.4 Å². The zero-order chi connectivity index (χ0) is 14.4. The molecule has 1 unspecified atom stereocenters. The van der Waals surface area contributed by atoms with Gasteiger partial charge in [-0.25, -0.2) is 0 Å².